The Labute approximate surface area is 129 Å². The van der Waals surface area contributed by atoms with Crippen molar-refractivity contribution >= 4 is 16.7 Å². The number of rotatable bonds is 2. The van der Waals surface area contributed by atoms with Gasteiger partial charge in [-0.15, -0.1) is 0 Å². The molecule has 4 nitrogen and oxygen atoms in total. The molecule has 1 N–H and O–H groups in total. The number of carbonyl (C=O) groups excluding carboxylic acids is 1. The van der Waals surface area contributed by atoms with Crippen molar-refractivity contribution in [2.75, 3.05) is 19.6 Å². The molecule has 1 amide bonds. The number of piperidine rings is 1. The summed E-state index contributed by atoms with van der Waals surface area (Å²) in [5, 5.41) is 14.1. The highest BCUT2D eigenvalue weighted by atomic mass is 16.1. The molecule has 4 heteroatoms. The van der Waals surface area contributed by atoms with Gasteiger partial charge >= 0.3 is 0 Å². The van der Waals surface area contributed by atoms with E-state index in [1.54, 1.807) is 6.07 Å². The van der Waals surface area contributed by atoms with Crippen molar-refractivity contribution in [2.24, 2.45) is 5.92 Å². The van der Waals surface area contributed by atoms with Crippen LogP contribution in [0.2, 0.25) is 0 Å². The quantitative estimate of drug-likeness (QED) is 0.922. The number of nitrogens with zero attached hydrogens (tertiary/aromatic N) is 2. The van der Waals surface area contributed by atoms with Crippen LogP contribution < -0.4 is 5.32 Å². The first-order chi connectivity index (χ1) is 10.7. The molecule has 0 aromatic heterocycles. The Kier molecular flexibility index (Phi) is 3.09. The first-order valence-corrected chi connectivity index (χ1v) is 7.70. The minimum absolute atomic E-state index is 0.0111. The number of hydrogen-bond donors (Lipinski definition) is 1. The van der Waals surface area contributed by atoms with Crippen LogP contribution in [0, 0.1) is 17.2 Å². The lowest BCUT2D eigenvalue weighted by Gasteiger charge is -2.23. The third kappa shape index (κ3) is 2.24. The van der Waals surface area contributed by atoms with E-state index in [-0.39, 0.29) is 11.9 Å². The number of hydrogen-bond acceptors (Lipinski definition) is 3. The van der Waals surface area contributed by atoms with Gasteiger partial charge in [0.15, 0.2) is 0 Å². The lowest BCUT2D eigenvalue weighted by molar-refractivity contribution is 0.0924. The molecule has 2 aliphatic heterocycles. The van der Waals surface area contributed by atoms with Gasteiger partial charge in [0.05, 0.1) is 11.6 Å². The van der Waals surface area contributed by atoms with Crippen LogP contribution in [0.3, 0.4) is 0 Å². The Morgan fingerprint density at radius 1 is 1.18 bits per heavy atom. The van der Waals surface area contributed by atoms with E-state index in [0.717, 1.165) is 23.9 Å². The molecule has 0 aliphatic carbocycles. The summed E-state index contributed by atoms with van der Waals surface area (Å²) in [5.41, 5.74) is 1.28. The molecule has 2 saturated heterocycles. The van der Waals surface area contributed by atoms with Gasteiger partial charge in [0.25, 0.3) is 5.91 Å². The molecule has 2 bridgehead atoms. The molecule has 2 aliphatic rings. The van der Waals surface area contributed by atoms with E-state index in [1.165, 1.54) is 13.0 Å². The number of benzene rings is 2. The molecule has 2 aromatic carbocycles. The van der Waals surface area contributed by atoms with Gasteiger partial charge in [0.1, 0.15) is 0 Å². The highest BCUT2D eigenvalue weighted by Gasteiger charge is 2.38. The van der Waals surface area contributed by atoms with Gasteiger partial charge in [-0.1, -0.05) is 12.1 Å². The van der Waals surface area contributed by atoms with Crippen molar-refractivity contribution in [3.8, 4) is 6.07 Å². The molecule has 0 radical (unpaired) electrons. The van der Waals surface area contributed by atoms with E-state index in [9.17, 15) is 4.79 Å². The Balaban J connectivity index is 1.57. The van der Waals surface area contributed by atoms with Crippen molar-refractivity contribution in [3.63, 3.8) is 0 Å². The highest BCUT2D eigenvalue weighted by molar-refractivity contribution is 5.99. The van der Waals surface area contributed by atoms with E-state index in [4.69, 9.17) is 5.26 Å². The van der Waals surface area contributed by atoms with E-state index >= 15 is 0 Å². The number of fused-ring (bicyclic) bond motifs is 3. The Morgan fingerprint density at radius 2 is 2.05 bits per heavy atom. The molecule has 22 heavy (non-hydrogen) atoms. The van der Waals surface area contributed by atoms with Crippen LogP contribution in [0.25, 0.3) is 10.8 Å². The topological polar surface area (TPSA) is 56.1 Å². The maximum absolute atomic E-state index is 12.5. The zero-order chi connectivity index (χ0) is 15.1. The number of amides is 1. The predicted molar refractivity (Wildman–Crippen MR) is 84.5 cm³/mol. The minimum atomic E-state index is -0.0111. The summed E-state index contributed by atoms with van der Waals surface area (Å²) in [7, 11) is 0. The zero-order valence-corrected chi connectivity index (χ0v) is 12.2. The standard InChI is InChI=1S/C18H17N3O/c19-9-12-1-2-13-3-4-14(8-16(13)7-12)18(22)20-17-11-21-6-5-15(17)10-21/h1-4,7-8,15,17H,5-6,10-11H2,(H,20,22)/t15-,17?/m0/s1. The van der Waals surface area contributed by atoms with Crippen LogP contribution in [0.5, 0.6) is 0 Å². The van der Waals surface area contributed by atoms with Crippen molar-refractivity contribution in [1.82, 2.24) is 10.2 Å². The molecular weight excluding hydrogens is 274 g/mol. The lowest BCUT2D eigenvalue weighted by Crippen LogP contribution is -2.43. The molecule has 110 valence electrons. The summed E-state index contributed by atoms with van der Waals surface area (Å²) in [5.74, 6) is 0.595. The molecule has 0 saturated carbocycles. The fraction of sp³-hybridized carbons (Fsp3) is 0.333. The Bertz CT molecular complexity index is 793. The SMILES string of the molecule is N#Cc1ccc2ccc(C(=O)NC3CN4CC[C@H]3C4)cc2c1. The van der Waals surface area contributed by atoms with Gasteiger partial charge in [-0.2, -0.15) is 5.26 Å². The maximum Gasteiger partial charge on any atom is 0.251 e. The van der Waals surface area contributed by atoms with Gasteiger partial charge in [-0.3, -0.25) is 4.79 Å². The first kappa shape index (κ1) is 13.3. The number of nitriles is 1. The molecule has 2 unspecified atom stereocenters. The van der Waals surface area contributed by atoms with Crippen LogP contribution in [0.4, 0.5) is 0 Å². The van der Waals surface area contributed by atoms with Gasteiger partial charge < -0.3 is 10.2 Å². The van der Waals surface area contributed by atoms with Crippen LogP contribution in [0.1, 0.15) is 22.3 Å². The Morgan fingerprint density at radius 3 is 2.77 bits per heavy atom. The minimum Gasteiger partial charge on any atom is -0.348 e. The number of nitrogens with one attached hydrogen (secondary N) is 1. The van der Waals surface area contributed by atoms with Crippen molar-refractivity contribution in [2.45, 2.75) is 12.5 Å². The van der Waals surface area contributed by atoms with Gasteiger partial charge in [0, 0.05) is 24.7 Å². The Hall–Kier alpha value is -2.38. The van der Waals surface area contributed by atoms with Crippen molar-refractivity contribution in [1.29, 1.82) is 5.26 Å². The second kappa shape index (κ2) is 5.11. The van der Waals surface area contributed by atoms with Crippen LogP contribution in [-0.4, -0.2) is 36.5 Å². The second-order valence-electron chi connectivity index (χ2n) is 6.28. The molecule has 2 fully saturated rings. The summed E-state index contributed by atoms with van der Waals surface area (Å²) in [6.07, 6.45) is 1.19. The van der Waals surface area contributed by atoms with Crippen molar-refractivity contribution < 1.29 is 4.79 Å². The third-order valence-electron chi connectivity index (χ3n) is 4.88. The normalized spacial score (nSPS) is 26.0. The summed E-state index contributed by atoms with van der Waals surface area (Å²) >= 11 is 0. The molecule has 3 atom stereocenters. The summed E-state index contributed by atoms with van der Waals surface area (Å²) < 4.78 is 0. The van der Waals surface area contributed by atoms with E-state index in [1.807, 2.05) is 30.3 Å². The molecule has 2 heterocycles. The van der Waals surface area contributed by atoms with Crippen molar-refractivity contribution in [3.05, 3.63) is 47.5 Å². The monoisotopic (exact) mass is 291 g/mol. The summed E-state index contributed by atoms with van der Waals surface area (Å²) in [6.45, 7) is 3.26. The second-order valence-corrected chi connectivity index (χ2v) is 6.28. The highest BCUT2D eigenvalue weighted by Crippen LogP contribution is 2.28. The molecule has 4 rings (SSSR count). The molecule has 0 spiro atoms. The third-order valence-corrected chi connectivity index (χ3v) is 4.88. The zero-order valence-electron chi connectivity index (χ0n) is 12.2. The predicted octanol–water partition coefficient (Wildman–Crippen LogP) is 2.15. The fourth-order valence-electron chi connectivity index (χ4n) is 3.66. The maximum atomic E-state index is 12.5. The van der Waals surface area contributed by atoms with Crippen LogP contribution in [0.15, 0.2) is 36.4 Å². The summed E-state index contributed by atoms with van der Waals surface area (Å²) in [4.78, 5) is 14.9. The average Bonchev–Trinajstić information content (AvgIpc) is 3.16. The van der Waals surface area contributed by atoms with Crippen LogP contribution >= 0.6 is 0 Å². The van der Waals surface area contributed by atoms with E-state index in [0.29, 0.717) is 17.0 Å². The average molecular weight is 291 g/mol. The fourth-order valence-corrected chi connectivity index (χ4v) is 3.66. The number of carbonyl (C=O) groups is 1. The van der Waals surface area contributed by atoms with Crippen LogP contribution in [-0.2, 0) is 0 Å². The summed E-state index contributed by atoms with van der Waals surface area (Å²) in [6, 6.07) is 13.6. The first-order valence-electron chi connectivity index (χ1n) is 7.70. The van der Waals surface area contributed by atoms with Gasteiger partial charge in [-0.05, 0) is 53.9 Å². The van der Waals surface area contributed by atoms with E-state index in [2.05, 4.69) is 16.3 Å². The largest absolute Gasteiger partial charge is 0.348 e. The smallest absolute Gasteiger partial charge is 0.251 e. The van der Waals surface area contributed by atoms with Gasteiger partial charge in [0.2, 0.25) is 0 Å². The lowest BCUT2D eigenvalue weighted by atomic mass is 9.99. The van der Waals surface area contributed by atoms with Gasteiger partial charge in [-0.25, -0.2) is 0 Å². The molecule has 2 aromatic rings. The molecular formula is C18H17N3O. The van der Waals surface area contributed by atoms with E-state index < -0.39 is 0 Å².